The molecule has 29 heavy (non-hydrogen) atoms. The predicted octanol–water partition coefficient (Wildman–Crippen LogP) is 3.45. The first-order chi connectivity index (χ1) is 13.9. The van der Waals surface area contributed by atoms with Gasteiger partial charge in [-0.05, 0) is 12.1 Å². The second kappa shape index (κ2) is 6.86. The highest BCUT2D eigenvalue weighted by Gasteiger charge is 2.38. The van der Waals surface area contributed by atoms with E-state index in [2.05, 4.69) is 5.10 Å². The fraction of sp³-hybridized carbons (Fsp3) is 0.150. The Kier molecular flexibility index (Phi) is 4.34. The molecule has 0 saturated carbocycles. The van der Waals surface area contributed by atoms with Gasteiger partial charge in [-0.15, -0.1) is 5.10 Å². The van der Waals surface area contributed by atoms with Crippen molar-refractivity contribution in [3.8, 4) is 0 Å². The van der Waals surface area contributed by atoms with Crippen molar-refractivity contribution >= 4 is 34.3 Å². The van der Waals surface area contributed by atoms with Crippen LogP contribution in [0.2, 0.25) is 0 Å². The summed E-state index contributed by atoms with van der Waals surface area (Å²) in [7, 11) is 0. The van der Waals surface area contributed by atoms with Crippen molar-refractivity contribution in [3.63, 3.8) is 0 Å². The summed E-state index contributed by atoms with van der Waals surface area (Å²) in [5.74, 6) is -0.511. The Bertz CT molecular complexity index is 1200. The maximum atomic E-state index is 12.2. The molecule has 0 N–H and O–H groups in total. The number of para-hydroxylation sites is 2. The lowest BCUT2D eigenvalue weighted by Crippen LogP contribution is -2.25. The van der Waals surface area contributed by atoms with Gasteiger partial charge >= 0.3 is 0 Å². The van der Waals surface area contributed by atoms with Crippen molar-refractivity contribution in [2.24, 2.45) is 5.10 Å². The molecule has 0 radical (unpaired) electrons. The van der Waals surface area contributed by atoms with Gasteiger partial charge in [0.2, 0.25) is 23.9 Å². The van der Waals surface area contributed by atoms with Crippen LogP contribution >= 0.6 is 0 Å². The summed E-state index contributed by atoms with van der Waals surface area (Å²) in [6, 6.07) is 13.3. The van der Waals surface area contributed by atoms with Crippen molar-refractivity contribution < 1.29 is 19.2 Å². The number of nitrogens with zero attached hydrogens (tertiary/aromatic N) is 4. The molecule has 0 fully saturated rings. The van der Waals surface area contributed by atoms with Gasteiger partial charge in [-0.1, -0.05) is 30.3 Å². The maximum Gasteiger partial charge on any atom is 0.278 e. The van der Waals surface area contributed by atoms with Crippen LogP contribution in [0.1, 0.15) is 36.0 Å². The van der Waals surface area contributed by atoms with Crippen LogP contribution in [0.3, 0.4) is 0 Å². The van der Waals surface area contributed by atoms with E-state index in [4.69, 9.17) is 4.74 Å². The normalized spacial score (nSPS) is 15.9. The molecule has 4 rings (SSSR count). The van der Waals surface area contributed by atoms with E-state index in [9.17, 15) is 19.7 Å². The van der Waals surface area contributed by atoms with Crippen LogP contribution in [0.25, 0.3) is 10.9 Å². The Morgan fingerprint density at radius 1 is 1.07 bits per heavy atom. The fourth-order valence-electron chi connectivity index (χ4n) is 3.35. The van der Waals surface area contributed by atoms with Crippen LogP contribution in [0.5, 0.6) is 0 Å². The summed E-state index contributed by atoms with van der Waals surface area (Å²) in [4.78, 5) is 35.1. The summed E-state index contributed by atoms with van der Waals surface area (Å²) < 4.78 is 7.39. The van der Waals surface area contributed by atoms with Crippen LogP contribution in [0.4, 0.5) is 5.69 Å². The summed E-state index contributed by atoms with van der Waals surface area (Å²) in [5, 5.41) is 17.5. The fourth-order valence-corrected chi connectivity index (χ4v) is 3.35. The topological polar surface area (TPSA) is 107 Å². The van der Waals surface area contributed by atoms with Gasteiger partial charge in [0, 0.05) is 31.5 Å². The predicted molar refractivity (Wildman–Crippen MR) is 104 cm³/mol. The van der Waals surface area contributed by atoms with Crippen molar-refractivity contribution in [2.45, 2.75) is 20.1 Å². The lowest BCUT2D eigenvalue weighted by Gasteiger charge is -2.19. The average molecular weight is 392 g/mol. The lowest BCUT2D eigenvalue weighted by atomic mass is 10.1. The minimum absolute atomic E-state index is 0.111. The highest BCUT2D eigenvalue weighted by atomic mass is 16.6. The van der Waals surface area contributed by atoms with Crippen LogP contribution in [0, 0.1) is 10.1 Å². The number of benzene rings is 2. The number of carbonyl (C=O) groups is 2. The quantitative estimate of drug-likeness (QED) is 0.501. The van der Waals surface area contributed by atoms with E-state index in [1.54, 1.807) is 24.4 Å². The minimum Gasteiger partial charge on any atom is -0.445 e. The highest BCUT2D eigenvalue weighted by molar-refractivity contribution is 6.10. The number of hydrogen-bond donors (Lipinski definition) is 0. The van der Waals surface area contributed by atoms with Crippen molar-refractivity contribution in [3.05, 3.63) is 76.0 Å². The average Bonchev–Trinajstić information content (AvgIpc) is 3.30. The first kappa shape index (κ1) is 18.4. The Morgan fingerprint density at radius 2 is 1.76 bits per heavy atom. The van der Waals surface area contributed by atoms with Gasteiger partial charge in [0.05, 0.1) is 21.6 Å². The second-order valence-electron chi connectivity index (χ2n) is 6.50. The van der Waals surface area contributed by atoms with Crippen LogP contribution in [0.15, 0.2) is 59.8 Å². The molecular weight excluding hydrogens is 376 g/mol. The van der Waals surface area contributed by atoms with E-state index >= 15 is 0 Å². The molecular formula is C20H16N4O5. The lowest BCUT2D eigenvalue weighted by molar-refractivity contribution is -0.386. The van der Waals surface area contributed by atoms with Crippen LogP contribution < -0.4 is 0 Å². The van der Waals surface area contributed by atoms with Gasteiger partial charge in [0.1, 0.15) is 0 Å². The van der Waals surface area contributed by atoms with Gasteiger partial charge in [-0.25, -0.2) is 0 Å². The molecule has 1 aliphatic heterocycles. The molecule has 0 spiro atoms. The molecule has 0 bridgehead atoms. The zero-order chi connectivity index (χ0) is 20.7. The molecule has 3 aromatic rings. The Labute approximate surface area is 164 Å². The summed E-state index contributed by atoms with van der Waals surface area (Å²) in [5.41, 5.74) is 1.22. The summed E-state index contributed by atoms with van der Waals surface area (Å²) in [6.45, 7) is 2.74. The number of aromatic nitrogens is 1. The number of nitro benzene ring substituents is 1. The highest BCUT2D eigenvalue weighted by Crippen LogP contribution is 2.36. The number of ether oxygens (including phenoxy) is 1. The first-order valence-electron chi connectivity index (χ1n) is 8.78. The number of hydrazone groups is 1. The zero-order valence-electron chi connectivity index (χ0n) is 15.6. The van der Waals surface area contributed by atoms with E-state index in [1.165, 1.54) is 36.6 Å². The van der Waals surface area contributed by atoms with Crippen molar-refractivity contribution in [2.75, 3.05) is 0 Å². The Morgan fingerprint density at radius 3 is 2.45 bits per heavy atom. The third-order valence-electron chi connectivity index (χ3n) is 4.65. The van der Waals surface area contributed by atoms with E-state index in [0.717, 1.165) is 5.01 Å². The third kappa shape index (κ3) is 3.02. The molecule has 1 amide bonds. The van der Waals surface area contributed by atoms with E-state index < -0.39 is 17.1 Å². The molecule has 1 atom stereocenters. The number of nitro groups is 1. The number of hydrogen-bond acceptors (Lipinski definition) is 6. The molecule has 2 heterocycles. The summed E-state index contributed by atoms with van der Waals surface area (Å²) in [6.07, 6.45) is 0.509. The molecule has 0 aliphatic carbocycles. The van der Waals surface area contributed by atoms with Gasteiger partial charge in [0.25, 0.3) is 5.69 Å². The van der Waals surface area contributed by atoms with Gasteiger partial charge < -0.3 is 4.74 Å². The number of amides is 1. The maximum absolute atomic E-state index is 12.2. The summed E-state index contributed by atoms with van der Waals surface area (Å²) >= 11 is 0. The minimum atomic E-state index is -1.08. The Hall–Kier alpha value is -4.01. The molecule has 9 heteroatoms. The largest absolute Gasteiger partial charge is 0.445 e. The van der Waals surface area contributed by atoms with Crippen LogP contribution in [-0.4, -0.2) is 32.2 Å². The number of rotatable bonds is 3. The number of carbonyl (C=O) groups excluding carboxylic acids is 2. The number of fused-ring (bicyclic) bond motifs is 1. The Balaban J connectivity index is 1.83. The van der Waals surface area contributed by atoms with Gasteiger partial charge in [0.15, 0.2) is 0 Å². The van der Waals surface area contributed by atoms with Crippen molar-refractivity contribution in [1.29, 1.82) is 0 Å². The molecule has 1 aromatic heterocycles. The first-order valence-corrected chi connectivity index (χ1v) is 8.78. The third-order valence-corrected chi connectivity index (χ3v) is 4.65. The van der Waals surface area contributed by atoms with E-state index in [0.29, 0.717) is 16.5 Å². The van der Waals surface area contributed by atoms with E-state index in [1.807, 2.05) is 12.1 Å². The smallest absolute Gasteiger partial charge is 0.278 e. The van der Waals surface area contributed by atoms with E-state index in [-0.39, 0.29) is 23.1 Å². The van der Waals surface area contributed by atoms with Gasteiger partial charge in [-0.2, -0.15) is 5.01 Å². The van der Waals surface area contributed by atoms with Crippen molar-refractivity contribution in [1.82, 2.24) is 9.58 Å². The standard InChI is InChI=1S/C20H16N4O5/c1-12(25)22-11-16(14-7-3-5-9-17(14)22)19-21-23(13(2)26)20(29-19)15-8-4-6-10-18(15)24(27)28/h3-11,20H,1-2H3. The molecule has 1 unspecified atom stereocenters. The molecule has 0 saturated heterocycles. The molecule has 146 valence electrons. The molecule has 2 aromatic carbocycles. The second-order valence-corrected chi connectivity index (χ2v) is 6.50. The van der Waals surface area contributed by atoms with Crippen LogP contribution in [-0.2, 0) is 9.53 Å². The zero-order valence-corrected chi connectivity index (χ0v) is 15.6. The molecule has 1 aliphatic rings. The monoisotopic (exact) mass is 392 g/mol. The SMILES string of the molecule is CC(=O)N1N=C(c2cn(C(C)=O)c3ccccc23)OC1c1ccccc1[N+](=O)[O-]. The van der Waals surface area contributed by atoms with Gasteiger partial charge in [-0.3, -0.25) is 24.3 Å². The molecule has 9 nitrogen and oxygen atoms in total.